The first-order chi connectivity index (χ1) is 7.38. The Morgan fingerprint density at radius 1 is 1.12 bits per heavy atom. The van der Waals surface area contributed by atoms with Crippen LogP contribution in [0, 0.1) is 5.92 Å². The summed E-state index contributed by atoms with van der Waals surface area (Å²) in [4.78, 5) is 17.9. The molecule has 0 aromatic rings. The van der Waals surface area contributed by atoms with Crippen LogP contribution < -0.4 is 21.7 Å². The first kappa shape index (κ1) is 18.9. The summed E-state index contributed by atoms with van der Waals surface area (Å²) in [6.07, 6.45) is 4.81. The average Bonchev–Trinajstić information content (AvgIpc) is 2.23. The summed E-state index contributed by atoms with van der Waals surface area (Å²) in [5.41, 5.74) is 11.6. The molecule has 0 aliphatic heterocycles. The van der Waals surface area contributed by atoms with Crippen molar-refractivity contribution in [2.45, 2.75) is 44.7 Å². The number of carboxylic acids is 2. The van der Waals surface area contributed by atoms with E-state index in [4.69, 9.17) is 31.3 Å². The van der Waals surface area contributed by atoms with E-state index in [0.29, 0.717) is 0 Å². The van der Waals surface area contributed by atoms with Gasteiger partial charge in [-0.3, -0.25) is 0 Å². The molecule has 1 aliphatic rings. The molecule has 0 radical (unpaired) electrons. The third-order valence-corrected chi connectivity index (χ3v) is 2.81. The normalized spacial score (nSPS) is 27.1. The van der Waals surface area contributed by atoms with Crippen LogP contribution in [0.1, 0.15) is 32.6 Å². The number of rotatable bonds is 1. The molecule has 0 heterocycles. The van der Waals surface area contributed by atoms with Crippen molar-refractivity contribution in [2.24, 2.45) is 17.4 Å². The molecule has 17 heavy (non-hydrogen) atoms. The van der Waals surface area contributed by atoms with Crippen molar-refractivity contribution in [1.82, 2.24) is 0 Å². The van der Waals surface area contributed by atoms with Gasteiger partial charge >= 0.3 is 21.1 Å². The van der Waals surface area contributed by atoms with Gasteiger partial charge in [0.25, 0.3) is 0 Å². The molecule has 3 atom stereocenters. The maximum Gasteiger partial charge on any atom is 2.00 e. The molecular weight excluding hydrogens is 407 g/mol. The van der Waals surface area contributed by atoms with Gasteiger partial charge in [-0.15, -0.1) is 0 Å². The van der Waals surface area contributed by atoms with Gasteiger partial charge in [0.1, 0.15) is 0 Å². The molecule has 0 aromatic carbocycles. The number of carboxylic acid groups (broad SMARTS) is 2. The molecule has 1 rings (SSSR count). The van der Waals surface area contributed by atoms with Crippen LogP contribution in [0.25, 0.3) is 0 Å². The van der Waals surface area contributed by atoms with Crippen molar-refractivity contribution >= 4 is 11.9 Å². The molecule has 0 amide bonds. The first-order valence-electron chi connectivity index (χ1n) is 5.31. The molecule has 0 bridgehead atoms. The van der Waals surface area contributed by atoms with Crippen molar-refractivity contribution in [3.05, 3.63) is 0 Å². The smallest absolute Gasteiger partial charge is 0.543 e. The molecule has 7 heteroatoms. The zero-order valence-electron chi connectivity index (χ0n) is 9.66. The summed E-state index contributed by atoms with van der Waals surface area (Å²) in [5.74, 6) is -3.53. The van der Waals surface area contributed by atoms with Crippen LogP contribution in [-0.2, 0) is 30.7 Å². The number of aliphatic carboxylic acids is 2. The van der Waals surface area contributed by atoms with Gasteiger partial charge in [-0.1, -0.05) is 13.3 Å². The number of hydrogen-bond acceptors (Lipinski definition) is 6. The van der Waals surface area contributed by atoms with Crippen LogP contribution in [0.5, 0.6) is 0 Å². The Kier molecular flexibility index (Phi) is 10.6. The molecule has 0 saturated heterocycles. The van der Waals surface area contributed by atoms with Gasteiger partial charge in [0.2, 0.25) is 0 Å². The molecule has 1 aliphatic carbocycles. The summed E-state index contributed by atoms with van der Waals surface area (Å²) < 4.78 is 0. The largest absolute Gasteiger partial charge is 2.00 e. The van der Waals surface area contributed by atoms with Crippen LogP contribution in [0.15, 0.2) is 0 Å². The van der Waals surface area contributed by atoms with E-state index < -0.39 is 11.9 Å². The van der Waals surface area contributed by atoms with Gasteiger partial charge in [0.05, 0.1) is 11.9 Å². The number of hydrogen-bond donors (Lipinski definition) is 2. The predicted molar refractivity (Wildman–Crippen MR) is 53.6 cm³/mol. The SMILES string of the molecule is CCC1CC[C@@H](N)[C@H](N)C1.O=C([O-])C(=O)[O-].[Pt+2]. The van der Waals surface area contributed by atoms with E-state index in [0.717, 1.165) is 18.8 Å². The number of carbonyl (C=O) groups is 2. The van der Waals surface area contributed by atoms with Gasteiger partial charge in [-0.25, -0.2) is 0 Å². The Bertz CT molecular complexity index is 238. The predicted octanol–water partition coefficient (Wildman–Crippen LogP) is -2.67. The number of nitrogens with two attached hydrogens (primary N) is 2. The van der Waals surface area contributed by atoms with Gasteiger partial charge in [-0.05, 0) is 25.2 Å². The summed E-state index contributed by atoms with van der Waals surface area (Å²) in [6, 6.07) is 0.529. The van der Waals surface area contributed by atoms with Crippen LogP contribution in [0.3, 0.4) is 0 Å². The van der Waals surface area contributed by atoms with Crippen LogP contribution in [0.4, 0.5) is 0 Å². The molecule has 1 saturated carbocycles. The summed E-state index contributed by atoms with van der Waals surface area (Å²) in [6.45, 7) is 2.23. The Hall–Kier alpha value is -0.452. The minimum atomic E-state index is -2.19. The van der Waals surface area contributed by atoms with Crippen LogP contribution in [0.2, 0.25) is 0 Å². The second kappa shape index (κ2) is 9.57. The summed E-state index contributed by atoms with van der Waals surface area (Å²) >= 11 is 0. The van der Waals surface area contributed by atoms with Gasteiger partial charge in [0, 0.05) is 12.1 Å². The van der Waals surface area contributed by atoms with Gasteiger partial charge in [0.15, 0.2) is 0 Å². The maximum atomic E-state index is 8.93. The zero-order chi connectivity index (χ0) is 12.7. The Morgan fingerprint density at radius 2 is 1.59 bits per heavy atom. The molecule has 102 valence electrons. The molecule has 1 unspecified atom stereocenters. The van der Waals surface area contributed by atoms with Crippen molar-refractivity contribution in [3.8, 4) is 0 Å². The molecule has 6 nitrogen and oxygen atoms in total. The van der Waals surface area contributed by atoms with E-state index in [9.17, 15) is 0 Å². The van der Waals surface area contributed by atoms with Crippen molar-refractivity contribution in [3.63, 3.8) is 0 Å². The monoisotopic (exact) mass is 425 g/mol. The topological polar surface area (TPSA) is 132 Å². The Balaban J connectivity index is 0. The maximum absolute atomic E-state index is 8.93. The summed E-state index contributed by atoms with van der Waals surface area (Å²) in [7, 11) is 0. The Morgan fingerprint density at radius 3 is 1.88 bits per heavy atom. The van der Waals surface area contributed by atoms with Crippen LogP contribution in [-0.4, -0.2) is 24.0 Å². The molecular formula is C10H18N2O4Pt. The average molecular weight is 425 g/mol. The first-order valence-corrected chi connectivity index (χ1v) is 5.31. The molecule has 4 N–H and O–H groups in total. The second-order valence-corrected chi connectivity index (χ2v) is 3.99. The minimum Gasteiger partial charge on any atom is -0.543 e. The van der Waals surface area contributed by atoms with Gasteiger partial charge < -0.3 is 31.3 Å². The molecule has 1 fully saturated rings. The Labute approximate surface area is 115 Å². The standard InChI is InChI=1S/C8H18N2.C2H2O4.Pt/c1-2-6-3-4-7(9)8(10)5-6;3-1(4)2(5)6;/h6-8H,2-5,9-10H2,1H3;(H,3,4)(H,5,6);/q;;+2/p-2/t6?,7-,8-;;/m1../s1. The number of carbonyl (C=O) groups excluding carboxylic acids is 2. The van der Waals surface area contributed by atoms with Crippen molar-refractivity contribution in [1.29, 1.82) is 0 Å². The fourth-order valence-electron chi connectivity index (χ4n) is 1.69. The van der Waals surface area contributed by atoms with Crippen LogP contribution >= 0.6 is 0 Å². The second-order valence-electron chi connectivity index (χ2n) is 3.99. The van der Waals surface area contributed by atoms with E-state index in [-0.39, 0.29) is 33.1 Å². The van der Waals surface area contributed by atoms with E-state index in [1.807, 2.05) is 0 Å². The van der Waals surface area contributed by atoms with E-state index in [2.05, 4.69) is 6.92 Å². The third-order valence-electron chi connectivity index (χ3n) is 2.81. The van der Waals surface area contributed by atoms with E-state index in [1.54, 1.807) is 0 Å². The third kappa shape index (κ3) is 8.30. The van der Waals surface area contributed by atoms with Gasteiger partial charge in [-0.2, -0.15) is 0 Å². The van der Waals surface area contributed by atoms with Crippen molar-refractivity contribution in [2.75, 3.05) is 0 Å². The van der Waals surface area contributed by atoms with E-state index in [1.165, 1.54) is 12.8 Å². The minimum absolute atomic E-state index is 0. The summed E-state index contributed by atoms with van der Waals surface area (Å²) in [5, 5.41) is 17.9. The van der Waals surface area contributed by atoms with Crippen molar-refractivity contribution < 1.29 is 40.9 Å². The molecule has 0 spiro atoms. The van der Waals surface area contributed by atoms with E-state index >= 15 is 0 Å². The fraction of sp³-hybridized carbons (Fsp3) is 0.800. The quantitative estimate of drug-likeness (QED) is 0.441. The fourth-order valence-corrected chi connectivity index (χ4v) is 1.69. The molecule has 0 aromatic heterocycles. The zero-order valence-corrected chi connectivity index (χ0v) is 11.9.